The van der Waals surface area contributed by atoms with E-state index in [2.05, 4.69) is 6.92 Å². The molecule has 0 radical (unpaired) electrons. The van der Waals surface area contributed by atoms with Crippen LogP contribution in [0.2, 0.25) is 0 Å². The first-order valence-electron chi connectivity index (χ1n) is 4.74. The van der Waals surface area contributed by atoms with Crippen LogP contribution in [0.5, 0.6) is 0 Å². The lowest BCUT2D eigenvalue weighted by Crippen LogP contribution is -2.21. The summed E-state index contributed by atoms with van der Waals surface area (Å²) in [6.07, 6.45) is 3.81. The van der Waals surface area contributed by atoms with Crippen LogP contribution in [0.15, 0.2) is 0 Å². The van der Waals surface area contributed by atoms with Gasteiger partial charge in [-0.3, -0.25) is 0 Å². The van der Waals surface area contributed by atoms with Gasteiger partial charge in [0.2, 0.25) is 0 Å². The van der Waals surface area contributed by atoms with E-state index in [1.165, 1.54) is 12.8 Å². The maximum absolute atomic E-state index is 5.75. The molecule has 0 bridgehead atoms. The van der Waals surface area contributed by atoms with Crippen molar-refractivity contribution in [2.75, 3.05) is 18.3 Å². The minimum absolute atomic E-state index is 0.347. The molecule has 1 atom stereocenters. The molecule has 2 N–H and O–H groups in total. The fraction of sp³-hybridized carbons (Fsp3) is 1.00. The Kier molecular flexibility index (Phi) is 5.04. The summed E-state index contributed by atoms with van der Waals surface area (Å²) >= 11 is 1.81. The average molecular weight is 189 g/mol. The highest BCUT2D eigenvalue weighted by molar-refractivity contribution is 7.99. The molecular weight excluding hydrogens is 170 g/mol. The third kappa shape index (κ3) is 5.01. The molecule has 0 aromatic carbocycles. The Morgan fingerprint density at radius 2 is 2.33 bits per heavy atom. The molecule has 0 spiro atoms. The van der Waals surface area contributed by atoms with Gasteiger partial charge in [-0.25, -0.2) is 0 Å². The fourth-order valence-corrected chi connectivity index (χ4v) is 1.72. The Morgan fingerprint density at radius 1 is 1.58 bits per heavy atom. The van der Waals surface area contributed by atoms with Crippen molar-refractivity contribution in [1.29, 1.82) is 0 Å². The zero-order chi connectivity index (χ0) is 8.81. The topological polar surface area (TPSA) is 35.2 Å². The second kappa shape index (κ2) is 5.84. The van der Waals surface area contributed by atoms with Crippen LogP contribution in [-0.4, -0.2) is 24.3 Å². The molecule has 1 aliphatic carbocycles. The highest BCUT2D eigenvalue weighted by atomic mass is 32.2. The maximum Gasteiger partial charge on any atom is 0.0921 e. The molecule has 1 fully saturated rings. The van der Waals surface area contributed by atoms with Crippen LogP contribution in [-0.2, 0) is 4.74 Å². The molecule has 0 heterocycles. The molecule has 0 aliphatic heterocycles. The van der Waals surface area contributed by atoms with Gasteiger partial charge in [0.25, 0.3) is 0 Å². The van der Waals surface area contributed by atoms with Crippen LogP contribution >= 0.6 is 11.8 Å². The Labute approximate surface area is 79.2 Å². The van der Waals surface area contributed by atoms with Crippen molar-refractivity contribution >= 4 is 11.8 Å². The van der Waals surface area contributed by atoms with Crippen LogP contribution in [0.1, 0.15) is 26.2 Å². The highest BCUT2D eigenvalue weighted by Gasteiger charge is 2.20. The van der Waals surface area contributed by atoms with Gasteiger partial charge in [0, 0.05) is 11.8 Å². The molecule has 3 heteroatoms. The number of rotatable bonds is 7. The molecule has 1 saturated carbocycles. The zero-order valence-electron chi connectivity index (χ0n) is 7.79. The van der Waals surface area contributed by atoms with Gasteiger partial charge in [-0.15, -0.1) is 11.8 Å². The number of hydrogen-bond donors (Lipinski definition) is 1. The molecule has 72 valence electrons. The standard InChI is InChI=1S/C9H19NOS/c1-2-9(10)6-12-7-11-5-8-3-4-8/h8-9H,2-7,10H2,1H3. The molecule has 1 unspecified atom stereocenters. The average Bonchev–Trinajstić information content (AvgIpc) is 2.87. The summed E-state index contributed by atoms with van der Waals surface area (Å²) in [5.41, 5.74) is 5.75. The van der Waals surface area contributed by atoms with Crippen molar-refractivity contribution in [3.8, 4) is 0 Å². The number of nitrogens with two attached hydrogens (primary N) is 1. The molecule has 0 aromatic rings. The first-order valence-corrected chi connectivity index (χ1v) is 5.89. The molecule has 0 saturated heterocycles. The first kappa shape index (κ1) is 10.4. The van der Waals surface area contributed by atoms with Crippen LogP contribution in [0.3, 0.4) is 0 Å². The number of ether oxygens (including phenoxy) is 1. The van der Waals surface area contributed by atoms with Crippen molar-refractivity contribution in [3.05, 3.63) is 0 Å². The Morgan fingerprint density at radius 3 is 2.92 bits per heavy atom. The molecule has 2 nitrogen and oxygen atoms in total. The van der Waals surface area contributed by atoms with Crippen LogP contribution < -0.4 is 5.73 Å². The molecular formula is C9H19NOS. The van der Waals surface area contributed by atoms with E-state index in [9.17, 15) is 0 Å². The molecule has 1 rings (SSSR count). The van der Waals surface area contributed by atoms with Crippen molar-refractivity contribution in [2.24, 2.45) is 11.7 Å². The minimum Gasteiger partial charge on any atom is -0.371 e. The Hall–Kier alpha value is 0.270. The van der Waals surface area contributed by atoms with Crippen molar-refractivity contribution in [2.45, 2.75) is 32.2 Å². The largest absolute Gasteiger partial charge is 0.371 e. The van der Waals surface area contributed by atoms with Gasteiger partial charge in [0.15, 0.2) is 0 Å². The number of thioether (sulfide) groups is 1. The fourth-order valence-electron chi connectivity index (χ4n) is 0.876. The van der Waals surface area contributed by atoms with E-state index in [1.807, 2.05) is 11.8 Å². The Balaban J connectivity index is 1.75. The summed E-state index contributed by atoms with van der Waals surface area (Å²) in [5.74, 6) is 2.73. The predicted molar refractivity (Wildman–Crippen MR) is 54.3 cm³/mol. The van der Waals surface area contributed by atoms with E-state index in [4.69, 9.17) is 10.5 Å². The summed E-state index contributed by atoms with van der Waals surface area (Å²) in [6, 6.07) is 0.347. The van der Waals surface area contributed by atoms with Crippen LogP contribution in [0, 0.1) is 5.92 Å². The van der Waals surface area contributed by atoms with E-state index < -0.39 is 0 Å². The van der Waals surface area contributed by atoms with Gasteiger partial charge >= 0.3 is 0 Å². The van der Waals surface area contributed by atoms with Gasteiger partial charge in [-0.05, 0) is 25.2 Å². The summed E-state index contributed by atoms with van der Waals surface area (Å²) in [7, 11) is 0. The monoisotopic (exact) mass is 189 g/mol. The Bertz CT molecular complexity index is 117. The lowest BCUT2D eigenvalue weighted by Gasteiger charge is -2.07. The predicted octanol–water partition coefficient (Wildman–Crippen LogP) is 1.84. The van der Waals surface area contributed by atoms with Crippen molar-refractivity contribution in [3.63, 3.8) is 0 Å². The molecule has 0 amide bonds. The van der Waals surface area contributed by atoms with Crippen LogP contribution in [0.4, 0.5) is 0 Å². The van der Waals surface area contributed by atoms with E-state index in [1.54, 1.807) is 0 Å². The van der Waals surface area contributed by atoms with Crippen molar-refractivity contribution < 1.29 is 4.74 Å². The highest BCUT2D eigenvalue weighted by Crippen LogP contribution is 2.29. The maximum atomic E-state index is 5.75. The smallest absolute Gasteiger partial charge is 0.0921 e. The first-order chi connectivity index (χ1) is 5.83. The second-order valence-corrected chi connectivity index (χ2v) is 4.45. The van der Waals surface area contributed by atoms with E-state index in [-0.39, 0.29) is 0 Å². The van der Waals surface area contributed by atoms with Gasteiger partial charge < -0.3 is 10.5 Å². The SMILES string of the molecule is CCC(N)CSCOCC1CC1. The normalized spacial score (nSPS) is 19.5. The van der Waals surface area contributed by atoms with E-state index in [0.717, 1.165) is 30.6 Å². The third-order valence-corrected chi connectivity index (χ3v) is 3.07. The lowest BCUT2D eigenvalue weighted by atomic mass is 10.3. The quantitative estimate of drug-likeness (QED) is 0.490. The van der Waals surface area contributed by atoms with Crippen LogP contribution in [0.25, 0.3) is 0 Å². The number of hydrogen-bond acceptors (Lipinski definition) is 3. The second-order valence-electron chi connectivity index (χ2n) is 3.47. The lowest BCUT2D eigenvalue weighted by molar-refractivity contribution is 0.171. The van der Waals surface area contributed by atoms with Gasteiger partial charge in [-0.1, -0.05) is 6.92 Å². The minimum atomic E-state index is 0.347. The van der Waals surface area contributed by atoms with Crippen molar-refractivity contribution in [1.82, 2.24) is 0 Å². The van der Waals surface area contributed by atoms with Gasteiger partial charge in [0.1, 0.15) is 0 Å². The molecule has 12 heavy (non-hydrogen) atoms. The summed E-state index contributed by atoms with van der Waals surface area (Å²) < 4.78 is 5.46. The molecule has 0 aromatic heterocycles. The summed E-state index contributed by atoms with van der Waals surface area (Å²) in [6.45, 7) is 3.09. The third-order valence-electron chi connectivity index (χ3n) is 2.07. The van der Waals surface area contributed by atoms with E-state index >= 15 is 0 Å². The molecule has 1 aliphatic rings. The summed E-state index contributed by atoms with van der Waals surface area (Å²) in [5, 5.41) is 0. The summed E-state index contributed by atoms with van der Waals surface area (Å²) in [4.78, 5) is 0. The zero-order valence-corrected chi connectivity index (χ0v) is 8.61. The van der Waals surface area contributed by atoms with E-state index in [0.29, 0.717) is 6.04 Å². The van der Waals surface area contributed by atoms with Gasteiger partial charge in [0.05, 0.1) is 12.5 Å². The van der Waals surface area contributed by atoms with Gasteiger partial charge in [-0.2, -0.15) is 0 Å².